The molecule has 1 aromatic rings. The summed E-state index contributed by atoms with van der Waals surface area (Å²) < 4.78 is 0. The normalized spacial score (nSPS) is 16.4. The van der Waals surface area contributed by atoms with Crippen LogP contribution in [0.15, 0.2) is 24.3 Å². The molecular formula is C15H24N4O. The summed E-state index contributed by atoms with van der Waals surface area (Å²) in [7, 11) is 4.14. The third kappa shape index (κ3) is 4.13. The Bertz CT molecular complexity index is 453. The molecule has 1 saturated heterocycles. The van der Waals surface area contributed by atoms with Crippen molar-refractivity contribution in [3.05, 3.63) is 29.8 Å². The van der Waals surface area contributed by atoms with Gasteiger partial charge in [-0.15, -0.1) is 0 Å². The van der Waals surface area contributed by atoms with Crippen LogP contribution in [-0.4, -0.2) is 49.1 Å². The van der Waals surface area contributed by atoms with Crippen molar-refractivity contribution >= 4 is 11.7 Å². The minimum absolute atomic E-state index is 0.309. The highest BCUT2D eigenvalue weighted by molar-refractivity contribution is 5.72. The summed E-state index contributed by atoms with van der Waals surface area (Å²) in [5.41, 5.74) is 7.75. The Kier molecular flexibility index (Phi) is 4.84. The maximum Gasteiger partial charge on any atom is 0.314 e. The van der Waals surface area contributed by atoms with E-state index in [4.69, 9.17) is 5.73 Å². The third-order valence-electron chi connectivity index (χ3n) is 3.60. The summed E-state index contributed by atoms with van der Waals surface area (Å²) in [6, 6.07) is 8.62. The molecular weight excluding hydrogens is 252 g/mol. The molecule has 1 heterocycles. The molecule has 0 atom stereocenters. The molecule has 3 N–H and O–H groups in total. The molecule has 0 radical (unpaired) electrons. The number of rotatable bonds is 4. The molecule has 0 aromatic heterocycles. The quantitative estimate of drug-likeness (QED) is 0.880. The number of primary amides is 1. The van der Waals surface area contributed by atoms with Crippen LogP contribution in [0.3, 0.4) is 0 Å². The summed E-state index contributed by atoms with van der Waals surface area (Å²) in [5, 5.41) is 3.56. The number of likely N-dealkylation sites (tertiary alicyclic amines) is 1. The molecule has 0 unspecified atom stereocenters. The predicted octanol–water partition coefficient (Wildman–Crippen LogP) is 1.70. The lowest BCUT2D eigenvalue weighted by molar-refractivity contribution is 0.193. The second-order valence-corrected chi connectivity index (χ2v) is 5.68. The summed E-state index contributed by atoms with van der Waals surface area (Å²) in [6.07, 6.45) is 1.89. The zero-order chi connectivity index (χ0) is 14.5. The molecule has 1 aliphatic rings. The fraction of sp³-hybridized carbons (Fsp3) is 0.533. The SMILES string of the molecule is CN(C)Cc1cccc(NC2CCN(C(N)=O)CC2)c1. The summed E-state index contributed by atoms with van der Waals surface area (Å²) in [6.45, 7) is 2.42. The Balaban J connectivity index is 1.89. The van der Waals surface area contributed by atoms with Crippen LogP contribution in [0.4, 0.5) is 10.5 Å². The van der Waals surface area contributed by atoms with E-state index in [1.165, 1.54) is 5.56 Å². The first kappa shape index (κ1) is 14.7. The number of hydrogen-bond donors (Lipinski definition) is 2. The van der Waals surface area contributed by atoms with Gasteiger partial charge in [0.15, 0.2) is 0 Å². The lowest BCUT2D eigenvalue weighted by Gasteiger charge is -2.31. The summed E-state index contributed by atoms with van der Waals surface area (Å²) >= 11 is 0. The Morgan fingerprint density at radius 3 is 2.70 bits per heavy atom. The maximum absolute atomic E-state index is 11.1. The van der Waals surface area contributed by atoms with Crippen molar-refractivity contribution in [3.8, 4) is 0 Å². The number of anilines is 1. The van der Waals surface area contributed by atoms with Gasteiger partial charge in [0.2, 0.25) is 0 Å². The molecule has 1 fully saturated rings. The van der Waals surface area contributed by atoms with E-state index >= 15 is 0 Å². The monoisotopic (exact) mass is 276 g/mol. The first-order valence-electron chi connectivity index (χ1n) is 7.09. The van der Waals surface area contributed by atoms with Gasteiger partial charge in [-0.05, 0) is 44.6 Å². The van der Waals surface area contributed by atoms with E-state index < -0.39 is 0 Å². The number of piperidine rings is 1. The highest BCUT2D eigenvalue weighted by atomic mass is 16.2. The fourth-order valence-electron chi connectivity index (χ4n) is 2.60. The van der Waals surface area contributed by atoms with E-state index in [0.29, 0.717) is 6.04 Å². The first-order valence-corrected chi connectivity index (χ1v) is 7.09. The van der Waals surface area contributed by atoms with Crippen molar-refractivity contribution in [1.29, 1.82) is 0 Å². The molecule has 5 heteroatoms. The Hall–Kier alpha value is -1.75. The molecule has 5 nitrogen and oxygen atoms in total. The Morgan fingerprint density at radius 2 is 2.10 bits per heavy atom. The van der Waals surface area contributed by atoms with Crippen molar-refractivity contribution in [2.75, 3.05) is 32.5 Å². The average Bonchev–Trinajstić information content (AvgIpc) is 2.39. The number of carbonyl (C=O) groups excluding carboxylic acids is 1. The lowest BCUT2D eigenvalue weighted by Crippen LogP contribution is -2.44. The first-order chi connectivity index (χ1) is 9.54. The molecule has 0 saturated carbocycles. The minimum atomic E-state index is -0.309. The standard InChI is InChI=1S/C15H24N4O/c1-18(2)11-12-4-3-5-14(10-12)17-13-6-8-19(9-7-13)15(16)20/h3-5,10,13,17H,6-9,11H2,1-2H3,(H2,16,20). The highest BCUT2D eigenvalue weighted by Crippen LogP contribution is 2.18. The molecule has 110 valence electrons. The van der Waals surface area contributed by atoms with Crippen LogP contribution >= 0.6 is 0 Å². The number of urea groups is 1. The molecule has 2 amide bonds. The van der Waals surface area contributed by atoms with Crippen LogP contribution in [0.5, 0.6) is 0 Å². The van der Waals surface area contributed by atoms with Crippen molar-refractivity contribution in [1.82, 2.24) is 9.80 Å². The smallest absolute Gasteiger partial charge is 0.314 e. The number of nitrogens with two attached hydrogens (primary N) is 1. The van der Waals surface area contributed by atoms with Crippen LogP contribution < -0.4 is 11.1 Å². The van der Waals surface area contributed by atoms with Gasteiger partial charge in [-0.2, -0.15) is 0 Å². The molecule has 0 spiro atoms. The molecule has 20 heavy (non-hydrogen) atoms. The van der Waals surface area contributed by atoms with Crippen LogP contribution in [0, 0.1) is 0 Å². The van der Waals surface area contributed by atoms with Gasteiger partial charge in [0.25, 0.3) is 0 Å². The lowest BCUT2D eigenvalue weighted by atomic mass is 10.0. The second kappa shape index (κ2) is 6.61. The Labute approximate surface area is 120 Å². The molecule has 2 rings (SSSR count). The van der Waals surface area contributed by atoms with Gasteiger partial charge < -0.3 is 20.9 Å². The van der Waals surface area contributed by atoms with Crippen molar-refractivity contribution < 1.29 is 4.79 Å². The fourth-order valence-corrected chi connectivity index (χ4v) is 2.60. The number of amides is 2. The predicted molar refractivity (Wildman–Crippen MR) is 81.6 cm³/mol. The number of carbonyl (C=O) groups is 1. The Morgan fingerprint density at radius 1 is 1.40 bits per heavy atom. The highest BCUT2D eigenvalue weighted by Gasteiger charge is 2.20. The summed E-state index contributed by atoms with van der Waals surface area (Å²) in [4.78, 5) is 15.0. The number of hydrogen-bond acceptors (Lipinski definition) is 3. The van der Waals surface area contributed by atoms with E-state index in [1.54, 1.807) is 4.90 Å². The van der Waals surface area contributed by atoms with E-state index in [2.05, 4.69) is 48.6 Å². The van der Waals surface area contributed by atoms with Gasteiger partial charge in [0.1, 0.15) is 0 Å². The van der Waals surface area contributed by atoms with E-state index in [0.717, 1.165) is 38.2 Å². The van der Waals surface area contributed by atoms with Gasteiger partial charge in [0.05, 0.1) is 0 Å². The van der Waals surface area contributed by atoms with Gasteiger partial charge in [-0.3, -0.25) is 0 Å². The van der Waals surface area contributed by atoms with E-state index in [9.17, 15) is 4.79 Å². The topological polar surface area (TPSA) is 61.6 Å². The van der Waals surface area contributed by atoms with E-state index in [1.807, 2.05) is 0 Å². The minimum Gasteiger partial charge on any atom is -0.382 e. The van der Waals surface area contributed by atoms with Crippen molar-refractivity contribution in [2.24, 2.45) is 5.73 Å². The van der Waals surface area contributed by atoms with E-state index in [-0.39, 0.29) is 6.03 Å². The molecule has 1 aromatic carbocycles. The van der Waals surface area contributed by atoms with Crippen LogP contribution in [-0.2, 0) is 6.54 Å². The summed E-state index contributed by atoms with van der Waals surface area (Å²) in [5.74, 6) is 0. The van der Waals surface area contributed by atoms with Gasteiger partial charge in [-0.1, -0.05) is 12.1 Å². The van der Waals surface area contributed by atoms with Gasteiger partial charge in [0, 0.05) is 31.4 Å². The average molecular weight is 276 g/mol. The second-order valence-electron chi connectivity index (χ2n) is 5.68. The van der Waals surface area contributed by atoms with Gasteiger partial charge in [-0.25, -0.2) is 4.79 Å². The number of nitrogens with one attached hydrogen (secondary N) is 1. The van der Waals surface area contributed by atoms with Crippen molar-refractivity contribution in [3.63, 3.8) is 0 Å². The molecule has 0 aliphatic carbocycles. The van der Waals surface area contributed by atoms with Crippen LogP contribution in [0.2, 0.25) is 0 Å². The van der Waals surface area contributed by atoms with Gasteiger partial charge >= 0.3 is 6.03 Å². The number of benzene rings is 1. The van der Waals surface area contributed by atoms with Crippen molar-refractivity contribution in [2.45, 2.75) is 25.4 Å². The largest absolute Gasteiger partial charge is 0.382 e. The third-order valence-corrected chi connectivity index (χ3v) is 3.60. The van der Waals surface area contributed by atoms with Crippen LogP contribution in [0.1, 0.15) is 18.4 Å². The maximum atomic E-state index is 11.1. The molecule has 0 bridgehead atoms. The molecule has 1 aliphatic heterocycles. The zero-order valence-electron chi connectivity index (χ0n) is 12.3. The van der Waals surface area contributed by atoms with Crippen LogP contribution in [0.25, 0.3) is 0 Å². The number of nitrogens with zero attached hydrogens (tertiary/aromatic N) is 2. The zero-order valence-corrected chi connectivity index (χ0v) is 12.3.